The third-order valence-corrected chi connectivity index (χ3v) is 5.35. The van der Waals surface area contributed by atoms with Crippen LogP contribution in [0, 0.1) is 17.8 Å². The Morgan fingerprint density at radius 2 is 2.21 bits per heavy atom. The number of aliphatic hydroxyl groups excluding tert-OH is 2. The van der Waals surface area contributed by atoms with Gasteiger partial charge >= 0.3 is 5.97 Å². The molecule has 1 saturated carbocycles. The molecule has 0 bridgehead atoms. The molecule has 5 heteroatoms. The largest absolute Gasteiger partial charge is 0.495 e. The van der Waals surface area contributed by atoms with E-state index < -0.39 is 18.2 Å². The molecule has 3 N–H and O–H groups in total. The van der Waals surface area contributed by atoms with Crippen LogP contribution in [0.3, 0.4) is 0 Å². The zero-order valence-electron chi connectivity index (χ0n) is 14.6. The van der Waals surface area contributed by atoms with E-state index in [-0.39, 0.29) is 30.3 Å². The Labute approximate surface area is 144 Å². The molecule has 2 rings (SSSR count). The molecule has 5 nitrogen and oxygen atoms in total. The van der Waals surface area contributed by atoms with E-state index in [4.69, 9.17) is 9.84 Å². The number of aliphatic hydroxyl groups is 2. The number of allylic oxidation sites excluding steroid dienone is 2. The predicted molar refractivity (Wildman–Crippen MR) is 91.3 cm³/mol. The maximum atomic E-state index is 10.5. The lowest BCUT2D eigenvalue weighted by atomic mass is 9.90. The SMILES string of the molecule is CCC(C)[C@H](O)/C=C/[C@@H]1[C@H]2C/C(=C/CCCC(=O)O)O[C@H]2C[C@H]1O. The second-order valence-electron chi connectivity index (χ2n) is 7.12. The molecule has 0 amide bonds. The van der Waals surface area contributed by atoms with Gasteiger partial charge in [0.25, 0.3) is 0 Å². The van der Waals surface area contributed by atoms with Crippen LogP contribution in [0.4, 0.5) is 0 Å². The van der Waals surface area contributed by atoms with Crippen molar-refractivity contribution in [3.63, 3.8) is 0 Å². The lowest BCUT2D eigenvalue weighted by molar-refractivity contribution is -0.137. The van der Waals surface area contributed by atoms with Crippen LogP contribution < -0.4 is 0 Å². The number of ether oxygens (including phenoxy) is 1. The van der Waals surface area contributed by atoms with Crippen molar-refractivity contribution >= 4 is 5.97 Å². The van der Waals surface area contributed by atoms with Gasteiger partial charge in [0.1, 0.15) is 6.10 Å². The van der Waals surface area contributed by atoms with Crippen LogP contribution >= 0.6 is 0 Å². The molecule has 0 spiro atoms. The van der Waals surface area contributed by atoms with Gasteiger partial charge < -0.3 is 20.1 Å². The zero-order valence-corrected chi connectivity index (χ0v) is 14.6. The van der Waals surface area contributed by atoms with E-state index in [0.717, 1.165) is 18.6 Å². The van der Waals surface area contributed by atoms with Gasteiger partial charge in [0, 0.05) is 31.1 Å². The molecule has 136 valence electrons. The van der Waals surface area contributed by atoms with Gasteiger partial charge in [-0.15, -0.1) is 0 Å². The first-order chi connectivity index (χ1) is 11.4. The van der Waals surface area contributed by atoms with Gasteiger partial charge in [-0.2, -0.15) is 0 Å². The smallest absolute Gasteiger partial charge is 0.303 e. The number of hydrogen-bond acceptors (Lipinski definition) is 4. The average molecular weight is 338 g/mol. The number of carbonyl (C=O) groups is 1. The van der Waals surface area contributed by atoms with Gasteiger partial charge in [0.15, 0.2) is 0 Å². The molecule has 24 heavy (non-hydrogen) atoms. The minimum Gasteiger partial charge on any atom is -0.495 e. The maximum Gasteiger partial charge on any atom is 0.303 e. The van der Waals surface area contributed by atoms with Crippen molar-refractivity contribution in [3.05, 3.63) is 24.0 Å². The summed E-state index contributed by atoms with van der Waals surface area (Å²) in [5.41, 5.74) is 0. The Kier molecular flexibility index (Phi) is 6.87. The summed E-state index contributed by atoms with van der Waals surface area (Å²) in [5, 5.41) is 29.0. The third-order valence-electron chi connectivity index (χ3n) is 5.35. The summed E-state index contributed by atoms with van der Waals surface area (Å²) in [6.45, 7) is 4.06. The molecule has 0 aromatic carbocycles. The van der Waals surface area contributed by atoms with Crippen molar-refractivity contribution in [3.8, 4) is 0 Å². The standard InChI is InChI=1S/C19H30O5/c1-3-12(2)16(20)9-8-14-15-10-13(6-4-5-7-19(22)23)24-18(15)11-17(14)21/h6,8-9,12,14-18,20-21H,3-5,7,10-11H2,1-2H3,(H,22,23)/b9-8+,13-6-/t12?,14-,15-,16-,17-,18+/m1/s1. The molecule has 1 heterocycles. The van der Waals surface area contributed by atoms with E-state index in [1.807, 2.05) is 25.2 Å². The third kappa shape index (κ3) is 4.84. The molecule has 6 atom stereocenters. The number of hydrogen-bond donors (Lipinski definition) is 3. The molecular formula is C19H30O5. The fraction of sp³-hybridized carbons (Fsp3) is 0.737. The summed E-state index contributed by atoms with van der Waals surface area (Å²) in [6.07, 6.45) is 8.70. The minimum atomic E-state index is -0.772. The normalized spacial score (nSPS) is 33.6. The predicted octanol–water partition coefficient (Wildman–Crippen LogP) is 2.87. The quantitative estimate of drug-likeness (QED) is 0.468. The number of carboxylic acids is 1. The van der Waals surface area contributed by atoms with Gasteiger partial charge in [-0.25, -0.2) is 0 Å². The van der Waals surface area contributed by atoms with Gasteiger partial charge in [-0.1, -0.05) is 32.4 Å². The molecule has 1 unspecified atom stereocenters. The van der Waals surface area contributed by atoms with Crippen LogP contribution in [-0.4, -0.2) is 39.6 Å². The van der Waals surface area contributed by atoms with Gasteiger partial charge in [-0.3, -0.25) is 4.79 Å². The van der Waals surface area contributed by atoms with Crippen LogP contribution in [0.5, 0.6) is 0 Å². The van der Waals surface area contributed by atoms with E-state index in [2.05, 4.69) is 6.92 Å². The number of carboxylic acid groups (broad SMARTS) is 1. The summed E-state index contributed by atoms with van der Waals surface area (Å²) < 4.78 is 5.93. The second-order valence-corrected chi connectivity index (χ2v) is 7.12. The fourth-order valence-corrected chi connectivity index (χ4v) is 3.57. The van der Waals surface area contributed by atoms with Crippen LogP contribution in [0.25, 0.3) is 0 Å². The van der Waals surface area contributed by atoms with Crippen molar-refractivity contribution in [1.82, 2.24) is 0 Å². The lowest BCUT2D eigenvalue weighted by Crippen LogP contribution is -2.19. The molecule has 1 aliphatic heterocycles. The second kappa shape index (κ2) is 8.67. The first-order valence-electron chi connectivity index (χ1n) is 9.04. The Hall–Kier alpha value is -1.33. The number of unbranched alkanes of at least 4 members (excludes halogenated alkanes) is 1. The van der Waals surface area contributed by atoms with Crippen LogP contribution in [0.1, 0.15) is 52.4 Å². The molecule has 0 aromatic rings. The van der Waals surface area contributed by atoms with E-state index in [1.165, 1.54) is 0 Å². The molecule has 1 saturated heterocycles. The Morgan fingerprint density at radius 1 is 1.46 bits per heavy atom. The van der Waals surface area contributed by atoms with Crippen molar-refractivity contribution in [2.75, 3.05) is 0 Å². The highest BCUT2D eigenvalue weighted by molar-refractivity contribution is 5.66. The Balaban J connectivity index is 1.90. The van der Waals surface area contributed by atoms with Crippen molar-refractivity contribution in [2.24, 2.45) is 17.8 Å². The number of rotatable bonds is 8. The van der Waals surface area contributed by atoms with Crippen LogP contribution in [0.2, 0.25) is 0 Å². The molecule has 2 fully saturated rings. The highest BCUT2D eigenvalue weighted by Gasteiger charge is 2.46. The van der Waals surface area contributed by atoms with Crippen molar-refractivity contribution in [1.29, 1.82) is 0 Å². The maximum absolute atomic E-state index is 10.5. The molecule has 2 aliphatic rings. The van der Waals surface area contributed by atoms with E-state index in [9.17, 15) is 15.0 Å². The minimum absolute atomic E-state index is 0.0126. The molecule has 0 aromatic heterocycles. The first kappa shape index (κ1) is 19.0. The monoisotopic (exact) mass is 338 g/mol. The fourth-order valence-electron chi connectivity index (χ4n) is 3.57. The van der Waals surface area contributed by atoms with Crippen molar-refractivity contribution in [2.45, 2.75) is 70.7 Å². The summed E-state index contributed by atoms with van der Waals surface area (Å²) in [4.78, 5) is 10.5. The Bertz CT molecular complexity index is 484. The zero-order chi connectivity index (χ0) is 17.7. The Morgan fingerprint density at radius 3 is 2.88 bits per heavy atom. The lowest BCUT2D eigenvalue weighted by Gasteiger charge is -2.17. The number of aliphatic carboxylic acids is 1. The summed E-state index contributed by atoms with van der Waals surface area (Å²) >= 11 is 0. The van der Waals surface area contributed by atoms with E-state index >= 15 is 0 Å². The molecule has 1 aliphatic carbocycles. The number of fused-ring (bicyclic) bond motifs is 1. The van der Waals surface area contributed by atoms with Gasteiger partial charge in [0.05, 0.1) is 18.0 Å². The van der Waals surface area contributed by atoms with E-state index in [1.54, 1.807) is 0 Å². The average Bonchev–Trinajstić information content (AvgIpc) is 3.05. The van der Waals surface area contributed by atoms with Crippen LogP contribution in [0.15, 0.2) is 24.0 Å². The van der Waals surface area contributed by atoms with Crippen molar-refractivity contribution < 1.29 is 24.9 Å². The topological polar surface area (TPSA) is 87.0 Å². The summed E-state index contributed by atoms with van der Waals surface area (Å²) in [7, 11) is 0. The highest BCUT2D eigenvalue weighted by Crippen LogP contribution is 2.45. The van der Waals surface area contributed by atoms with Gasteiger partial charge in [0.2, 0.25) is 0 Å². The van der Waals surface area contributed by atoms with E-state index in [0.29, 0.717) is 19.3 Å². The molecule has 0 radical (unpaired) electrons. The van der Waals surface area contributed by atoms with Crippen LogP contribution in [-0.2, 0) is 9.53 Å². The highest BCUT2D eigenvalue weighted by atomic mass is 16.5. The summed E-state index contributed by atoms with van der Waals surface area (Å²) in [6, 6.07) is 0. The van der Waals surface area contributed by atoms with Gasteiger partial charge in [-0.05, 0) is 24.8 Å². The summed E-state index contributed by atoms with van der Waals surface area (Å²) in [5.74, 6) is 0.610. The first-order valence-corrected chi connectivity index (χ1v) is 9.04. The molecular weight excluding hydrogens is 308 g/mol.